The maximum Gasteiger partial charge on any atom is 0.236 e. The average Bonchev–Trinajstić information content (AvgIpc) is 2.25. The number of anilines is 1. The molecule has 4 nitrogen and oxygen atoms in total. The second-order valence-electron chi connectivity index (χ2n) is 4.33. The molecule has 1 aliphatic rings. The fourth-order valence-electron chi connectivity index (χ4n) is 1.93. The Morgan fingerprint density at radius 2 is 1.88 bits per heavy atom. The quantitative estimate of drug-likeness (QED) is 0.545. The van der Waals surface area contributed by atoms with Crippen LogP contribution in [0.5, 0.6) is 0 Å². The Labute approximate surface area is 93.8 Å². The molecule has 0 spiro atoms. The zero-order valence-electron chi connectivity index (χ0n) is 9.12. The summed E-state index contributed by atoms with van der Waals surface area (Å²) in [5.41, 5.74) is 6.54. The van der Waals surface area contributed by atoms with Gasteiger partial charge in [-0.15, -0.1) is 0 Å². The summed E-state index contributed by atoms with van der Waals surface area (Å²) in [5.74, 6) is -0.425. The molecule has 1 atom stereocenters. The molecule has 84 valence electrons. The number of benzene rings is 1. The highest BCUT2D eigenvalue weighted by Crippen LogP contribution is 2.32. The van der Waals surface area contributed by atoms with Gasteiger partial charge < -0.3 is 5.73 Å². The SMILES string of the molecule is C[C@]1(c2ccc(N)cc2)CCC(=O)NC1=O. The minimum atomic E-state index is -0.623. The first-order chi connectivity index (χ1) is 7.52. The first kappa shape index (κ1) is 10.7. The molecule has 1 saturated heterocycles. The number of amides is 2. The zero-order valence-corrected chi connectivity index (χ0v) is 9.12. The van der Waals surface area contributed by atoms with Crippen LogP contribution in [0.3, 0.4) is 0 Å². The summed E-state index contributed by atoms with van der Waals surface area (Å²) in [4.78, 5) is 22.9. The standard InChI is InChI=1S/C12H14N2O2/c1-12(7-6-10(15)14-11(12)16)8-2-4-9(13)5-3-8/h2-5H,6-7,13H2,1H3,(H,14,15,16)/t12-/m1/s1. The van der Waals surface area contributed by atoms with Crippen LogP contribution >= 0.6 is 0 Å². The van der Waals surface area contributed by atoms with E-state index in [1.54, 1.807) is 12.1 Å². The molecule has 0 radical (unpaired) electrons. The van der Waals surface area contributed by atoms with Gasteiger partial charge in [-0.2, -0.15) is 0 Å². The van der Waals surface area contributed by atoms with E-state index >= 15 is 0 Å². The molecule has 2 amide bonds. The third-order valence-corrected chi connectivity index (χ3v) is 3.15. The van der Waals surface area contributed by atoms with Gasteiger partial charge in [0.25, 0.3) is 0 Å². The molecule has 0 bridgehead atoms. The Balaban J connectivity index is 2.34. The third-order valence-electron chi connectivity index (χ3n) is 3.15. The van der Waals surface area contributed by atoms with Crippen LogP contribution < -0.4 is 11.1 Å². The molecule has 0 unspecified atom stereocenters. The molecule has 1 heterocycles. The lowest BCUT2D eigenvalue weighted by atomic mass is 9.75. The number of nitrogens with two attached hydrogens (primary N) is 1. The summed E-state index contributed by atoms with van der Waals surface area (Å²) in [5, 5.41) is 2.37. The van der Waals surface area contributed by atoms with Crippen LogP contribution in [-0.4, -0.2) is 11.8 Å². The number of piperidine rings is 1. The van der Waals surface area contributed by atoms with Gasteiger partial charge in [-0.25, -0.2) is 0 Å². The van der Waals surface area contributed by atoms with Crippen molar-refractivity contribution in [3.05, 3.63) is 29.8 Å². The predicted octanol–water partition coefficient (Wildman–Crippen LogP) is 0.963. The van der Waals surface area contributed by atoms with Crippen molar-refractivity contribution in [2.75, 3.05) is 5.73 Å². The summed E-state index contributed by atoms with van der Waals surface area (Å²) in [6.45, 7) is 1.85. The maximum absolute atomic E-state index is 11.8. The van der Waals surface area contributed by atoms with Gasteiger partial charge in [-0.05, 0) is 31.0 Å². The molecule has 1 fully saturated rings. The molecular formula is C12H14N2O2. The lowest BCUT2D eigenvalue weighted by Gasteiger charge is -2.32. The smallest absolute Gasteiger partial charge is 0.236 e. The number of carbonyl (C=O) groups is 2. The van der Waals surface area contributed by atoms with Crippen molar-refractivity contribution in [3.8, 4) is 0 Å². The lowest BCUT2D eigenvalue weighted by Crippen LogP contribution is -2.49. The lowest BCUT2D eigenvalue weighted by molar-refractivity contribution is -0.137. The first-order valence-electron chi connectivity index (χ1n) is 5.23. The number of nitrogens with one attached hydrogen (secondary N) is 1. The fraction of sp³-hybridized carbons (Fsp3) is 0.333. The summed E-state index contributed by atoms with van der Waals surface area (Å²) < 4.78 is 0. The van der Waals surface area contributed by atoms with Crippen LogP contribution in [0.25, 0.3) is 0 Å². The number of imide groups is 1. The Bertz CT molecular complexity index is 439. The zero-order chi connectivity index (χ0) is 11.8. The minimum absolute atomic E-state index is 0.196. The third kappa shape index (κ3) is 1.66. The molecule has 16 heavy (non-hydrogen) atoms. The van der Waals surface area contributed by atoms with Gasteiger partial charge in [0, 0.05) is 12.1 Å². The monoisotopic (exact) mass is 218 g/mol. The van der Waals surface area contributed by atoms with Crippen LogP contribution in [0, 0.1) is 0 Å². The number of carbonyl (C=O) groups excluding carboxylic acids is 2. The topological polar surface area (TPSA) is 72.2 Å². The Hall–Kier alpha value is -1.84. The van der Waals surface area contributed by atoms with E-state index in [1.165, 1.54) is 0 Å². The van der Waals surface area contributed by atoms with Crippen molar-refractivity contribution in [2.24, 2.45) is 0 Å². The van der Waals surface area contributed by atoms with E-state index in [0.29, 0.717) is 18.5 Å². The second-order valence-corrected chi connectivity index (χ2v) is 4.33. The molecule has 1 aliphatic heterocycles. The second kappa shape index (κ2) is 3.63. The van der Waals surface area contributed by atoms with E-state index in [0.717, 1.165) is 5.56 Å². The number of nitrogen functional groups attached to an aromatic ring is 1. The Kier molecular flexibility index (Phi) is 2.42. The fourth-order valence-corrected chi connectivity index (χ4v) is 1.93. The highest BCUT2D eigenvalue weighted by Gasteiger charge is 2.39. The maximum atomic E-state index is 11.8. The van der Waals surface area contributed by atoms with Crippen molar-refractivity contribution in [2.45, 2.75) is 25.2 Å². The Morgan fingerprint density at radius 1 is 1.25 bits per heavy atom. The van der Waals surface area contributed by atoms with Gasteiger partial charge in [0.05, 0.1) is 5.41 Å². The Morgan fingerprint density at radius 3 is 2.44 bits per heavy atom. The molecule has 3 N–H and O–H groups in total. The van der Waals surface area contributed by atoms with Gasteiger partial charge in [0.1, 0.15) is 0 Å². The molecular weight excluding hydrogens is 204 g/mol. The predicted molar refractivity (Wildman–Crippen MR) is 60.6 cm³/mol. The molecule has 1 aromatic rings. The van der Waals surface area contributed by atoms with E-state index in [2.05, 4.69) is 5.32 Å². The average molecular weight is 218 g/mol. The van der Waals surface area contributed by atoms with Gasteiger partial charge in [-0.1, -0.05) is 12.1 Å². The molecule has 1 aromatic carbocycles. The van der Waals surface area contributed by atoms with Gasteiger partial charge >= 0.3 is 0 Å². The summed E-state index contributed by atoms with van der Waals surface area (Å²) in [7, 11) is 0. The van der Waals surface area contributed by atoms with E-state index in [9.17, 15) is 9.59 Å². The van der Waals surface area contributed by atoms with E-state index in [4.69, 9.17) is 5.73 Å². The van der Waals surface area contributed by atoms with Crippen LogP contribution in [0.1, 0.15) is 25.3 Å². The van der Waals surface area contributed by atoms with Crippen molar-refractivity contribution in [1.82, 2.24) is 5.32 Å². The normalized spacial score (nSPS) is 25.3. The number of hydrogen-bond acceptors (Lipinski definition) is 3. The van der Waals surface area contributed by atoms with Crippen LogP contribution in [0.2, 0.25) is 0 Å². The molecule has 0 aliphatic carbocycles. The van der Waals surface area contributed by atoms with Gasteiger partial charge in [0.2, 0.25) is 11.8 Å². The van der Waals surface area contributed by atoms with Crippen molar-refractivity contribution < 1.29 is 9.59 Å². The van der Waals surface area contributed by atoms with Gasteiger partial charge in [0.15, 0.2) is 0 Å². The summed E-state index contributed by atoms with van der Waals surface area (Å²) in [6.07, 6.45) is 0.925. The first-order valence-corrected chi connectivity index (χ1v) is 5.23. The highest BCUT2D eigenvalue weighted by atomic mass is 16.2. The molecule has 2 rings (SSSR count). The van der Waals surface area contributed by atoms with Crippen molar-refractivity contribution in [1.29, 1.82) is 0 Å². The summed E-state index contributed by atoms with van der Waals surface area (Å²) >= 11 is 0. The molecule has 0 saturated carbocycles. The van der Waals surface area contributed by atoms with Crippen LogP contribution in [0.15, 0.2) is 24.3 Å². The van der Waals surface area contributed by atoms with E-state index < -0.39 is 5.41 Å². The largest absolute Gasteiger partial charge is 0.399 e. The van der Waals surface area contributed by atoms with E-state index in [-0.39, 0.29) is 11.8 Å². The molecule has 4 heteroatoms. The van der Waals surface area contributed by atoms with Crippen LogP contribution in [-0.2, 0) is 15.0 Å². The van der Waals surface area contributed by atoms with E-state index in [1.807, 2.05) is 19.1 Å². The van der Waals surface area contributed by atoms with Gasteiger partial charge in [-0.3, -0.25) is 14.9 Å². The highest BCUT2D eigenvalue weighted by molar-refractivity contribution is 6.03. The van der Waals surface area contributed by atoms with Crippen molar-refractivity contribution >= 4 is 17.5 Å². The summed E-state index contributed by atoms with van der Waals surface area (Å²) in [6, 6.07) is 7.21. The number of rotatable bonds is 1. The molecule has 0 aromatic heterocycles. The minimum Gasteiger partial charge on any atom is -0.399 e. The van der Waals surface area contributed by atoms with Crippen LogP contribution in [0.4, 0.5) is 5.69 Å². The van der Waals surface area contributed by atoms with Crippen molar-refractivity contribution in [3.63, 3.8) is 0 Å². The number of hydrogen-bond donors (Lipinski definition) is 2.